The van der Waals surface area contributed by atoms with Crippen molar-refractivity contribution in [1.82, 2.24) is 15.2 Å². The second kappa shape index (κ2) is 7.98. The summed E-state index contributed by atoms with van der Waals surface area (Å²) in [6, 6.07) is 16.2. The van der Waals surface area contributed by atoms with Gasteiger partial charge in [0.2, 0.25) is 5.91 Å². The molecule has 4 rings (SSSR count). The standard InChI is InChI=1S/C22H20ClN3O2/c23-17-10-8-15(9-11-17)14-25-21(27)19-7-3-13-26(19)22(28)18-6-1-4-16-5-2-12-24-20(16)18/h1-2,4-6,8-12,19H,3,7,13-14H2,(H,25,27)/t19-/m0/s1. The normalized spacial score (nSPS) is 16.3. The Morgan fingerprint density at radius 1 is 1.11 bits per heavy atom. The molecule has 5 nitrogen and oxygen atoms in total. The van der Waals surface area contributed by atoms with E-state index < -0.39 is 6.04 Å². The molecule has 2 aromatic carbocycles. The van der Waals surface area contributed by atoms with Crippen molar-refractivity contribution in [2.45, 2.75) is 25.4 Å². The van der Waals surface area contributed by atoms with E-state index in [1.165, 1.54) is 0 Å². The van der Waals surface area contributed by atoms with E-state index in [4.69, 9.17) is 11.6 Å². The number of likely N-dealkylation sites (tertiary alicyclic amines) is 1. The zero-order chi connectivity index (χ0) is 19.5. The van der Waals surface area contributed by atoms with Crippen LogP contribution in [0.1, 0.15) is 28.8 Å². The van der Waals surface area contributed by atoms with Gasteiger partial charge in [0.05, 0.1) is 11.1 Å². The van der Waals surface area contributed by atoms with E-state index >= 15 is 0 Å². The summed E-state index contributed by atoms with van der Waals surface area (Å²) >= 11 is 5.90. The number of hydrogen-bond donors (Lipinski definition) is 1. The van der Waals surface area contributed by atoms with Crippen LogP contribution in [0.15, 0.2) is 60.8 Å². The maximum Gasteiger partial charge on any atom is 0.256 e. The summed E-state index contributed by atoms with van der Waals surface area (Å²) in [6.07, 6.45) is 3.15. The van der Waals surface area contributed by atoms with Crippen molar-refractivity contribution in [3.8, 4) is 0 Å². The smallest absolute Gasteiger partial charge is 0.256 e. The lowest BCUT2D eigenvalue weighted by atomic mass is 10.1. The molecule has 0 unspecified atom stereocenters. The van der Waals surface area contributed by atoms with Gasteiger partial charge in [0.25, 0.3) is 5.91 Å². The molecule has 0 spiro atoms. The summed E-state index contributed by atoms with van der Waals surface area (Å²) < 4.78 is 0. The molecule has 0 radical (unpaired) electrons. The number of pyridine rings is 1. The van der Waals surface area contributed by atoms with Crippen LogP contribution in [-0.4, -0.2) is 34.3 Å². The van der Waals surface area contributed by atoms with Crippen molar-refractivity contribution in [1.29, 1.82) is 0 Å². The highest BCUT2D eigenvalue weighted by Crippen LogP contribution is 2.24. The first-order chi connectivity index (χ1) is 13.6. The van der Waals surface area contributed by atoms with Crippen LogP contribution in [0.25, 0.3) is 10.9 Å². The molecule has 3 aromatic rings. The van der Waals surface area contributed by atoms with E-state index in [1.807, 2.05) is 36.4 Å². The fourth-order valence-electron chi connectivity index (χ4n) is 3.62. The number of amides is 2. The number of rotatable bonds is 4. The van der Waals surface area contributed by atoms with Crippen LogP contribution in [-0.2, 0) is 11.3 Å². The molecule has 0 aliphatic carbocycles. The van der Waals surface area contributed by atoms with E-state index in [0.717, 1.165) is 17.4 Å². The number of nitrogens with one attached hydrogen (secondary N) is 1. The Labute approximate surface area is 168 Å². The molecule has 2 amide bonds. The van der Waals surface area contributed by atoms with Crippen molar-refractivity contribution in [2.24, 2.45) is 0 Å². The Morgan fingerprint density at radius 2 is 1.89 bits per heavy atom. The molecule has 1 N–H and O–H groups in total. The van der Waals surface area contributed by atoms with Crippen LogP contribution in [0.5, 0.6) is 0 Å². The molecule has 1 atom stereocenters. The summed E-state index contributed by atoms with van der Waals surface area (Å²) in [6.45, 7) is 0.978. The third-order valence-corrected chi connectivity index (χ3v) is 5.31. The quantitative estimate of drug-likeness (QED) is 0.733. The Hall–Kier alpha value is -2.92. The predicted molar refractivity (Wildman–Crippen MR) is 109 cm³/mol. The Kier molecular flexibility index (Phi) is 5.26. The number of aromatic nitrogens is 1. The van der Waals surface area contributed by atoms with Crippen molar-refractivity contribution in [3.63, 3.8) is 0 Å². The highest BCUT2D eigenvalue weighted by Gasteiger charge is 2.35. The van der Waals surface area contributed by atoms with Crippen molar-refractivity contribution >= 4 is 34.3 Å². The van der Waals surface area contributed by atoms with Crippen LogP contribution >= 0.6 is 11.6 Å². The molecule has 1 saturated heterocycles. The number of nitrogens with zero attached hydrogens (tertiary/aromatic N) is 2. The Bertz CT molecular complexity index is 1010. The average molecular weight is 394 g/mol. The number of halogens is 1. The molecule has 1 aliphatic rings. The van der Waals surface area contributed by atoms with Crippen LogP contribution in [0.4, 0.5) is 0 Å². The Morgan fingerprint density at radius 3 is 2.71 bits per heavy atom. The summed E-state index contributed by atoms with van der Waals surface area (Å²) in [4.78, 5) is 32.0. The SMILES string of the molecule is O=C(NCc1ccc(Cl)cc1)[C@@H]1CCCN1C(=O)c1cccc2cccnc12. The second-order valence-corrected chi connectivity index (χ2v) is 7.32. The number of para-hydroxylation sites is 1. The third-order valence-electron chi connectivity index (χ3n) is 5.06. The van der Waals surface area contributed by atoms with Crippen LogP contribution in [0, 0.1) is 0 Å². The molecule has 28 heavy (non-hydrogen) atoms. The molecular formula is C22H20ClN3O2. The highest BCUT2D eigenvalue weighted by atomic mass is 35.5. The predicted octanol–water partition coefficient (Wildman–Crippen LogP) is 3.81. The maximum absolute atomic E-state index is 13.2. The van der Waals surface area contributed by atoms with Gasteiger partial charge in [0.15, 0.2) is 0 Å². The van der Waals surface area contributed by atoms with Gasteiger partial charge in [-0.15, -0.1) is 0 Å². The van der Waals surface area contributed by atoms with Crippen LogP contribution in [0.3, 0.4) is 0 Å². The van der Waals surface area contributed by atoms with Crippen molar-refractivity contribution in [2.75, 3.05) is 6.54 Å². The van der Waals surface area contributed by atoms with E-state index in [-0.39, 0.29) is 11.8 Å². The topological polar surface area (TPSA) is 62.3 Å². The molecule has 1 fully saturated rings. The van der Waals surface area contributed by atoms with E-state index in [2.05, 4.69) is 10.3 Å². The molecule has 142 valence electrons. The highest BCUT2D eigenvalue weighted by molar-refractivity contribution is 6.30. The largest absolute Gasteiger partial charge is 0.350 e. The zero-order valence-electron chi connectivity index (χ0n) is 15.3. The first-order valence-corrected chi connectivity index (χ1v) is 9.68. The van der Waals surface area contributed by atoms with Gasteiger partial charge in [-0.3, -0.25) is 14.6 Å². The van der Waals surface area contributed by atoms with Gasteiger partial charge in [-0.05, 0) is 42.7 Å². The summed E-state index contributed by atoms with van der Waals surface area (Å²) in [5.41, 5.74) is 2.17. The Balaban J connectivity index is 1.50. The van der Waals surface area contributed by atoms with Gasteiger partial charge in [-0.2, -0.15) is 0 Å². The molecule has 1 aromatic heterocycles. The average Bonchev–Trinajstić information content (AvgIpc) is 3.22. The molecule has 0 saturated carbocycles. The first-order valence-electron chi connectivity index (χ1n) is 9.30. The van der Waals surface area contributed by atoms with Gasteiger partial charge < -0.3 is 10.2 Å². The minimum atomic E-state index is -0.459. The fourth-order valence-corrected chi connectivity index (χ4v) is 3.75. The lowest BCUT2D eigenvalue weighted by Gasteiger charge is -2.24. The number of benzene rings is 2. The minimum absolute atomic E-state index is 0.131. The van der Waals surface area contributed by atoms with E-state index in [0.29, 0.717) is 35.6 Å². The van der Waals surface area contributed by atoms with Crippen LogP contribution < -0.4 is 5.32 Å². The van der Waals surface area contributed by atoms with Crippen molar-refractivity contribution < 1.29 is 9.59 Å². The molecule has 1 aliphatic heterocycles. The maximum atomic E-state index is 13.2. The summed E-state index contributed by atoms with van der Waals surface area (Å²) in [7, 11) is 0. The number of carbonyl (C=O) groups excluding carboxylic acids is 2. The third kappa shape index (κ3) is 3.71. The molecule has 0 bridgehead atoms. The lowest BCUT2D eigenvalue weighted by molar-refractivity contribution is -0.125. The van der Waals surface area contributed by atoms with Gasteiger partial charge in [-0.1, -0.05) is 41.9 Å². The van der Waals surface area contributed by atoms with Gasteiger partial charge in [0.1, 0.15) is 6.04 Å². The van der Waals surface area contributed by atoms with E-state index in [1.54, 1.807) is 29.3 Å². The zero-order valence-corrected chi connectivity index (χ0v) is 16.0. The monoisotopic (exact) mass is 393 g/mol. The fraction of sp³-hybridized carbons (Fsp3) is 0.227. The number of fused-ring (bicyclic) bond motifs is 1. The second-order valence-electron chi connectivity index (χ2n) is 6.88. The van der Waals surface area contributed by atoms with Gasteiger partial charge in [-0.25, -0.2) is 0 Å². The summed E-state index contributed by atoms with van der Waals surface area (Å²) in [5, 5.41) is 4.51. The molecule has 2 heterocycles. The number of hydrogen-bond acceptors (Lipinski definition) is 3. The van der Waals surface area contributed by atoms with Gasteiger partial charge >= 0.3 is 0 Å². The first kappa shape index (κ1) is 18.4. The minimum Gasteiger partial charge on any atom is -0.350 e. The van der Waals surface area contributed by atoms with Crippen LogP contribution in [0.2, 0.25) is 5.02 Å². The van der Waals surface area contributed by atoms with Gasteiger partial charge in [0, 0.05) is 29.7 Å². The molecule has 6 heteroatoms. The summed E-state index contributed by atoms with van der Waals surface area (Å²) in [5.74, 6) is -0.276. The van der Waals surface area contributed by atoms with Crippen molar-refractivity contribution in [3.05, 3.63) is 76.9 Å². The van der Waals surface area contributed by atoms with E-state index in [9.17, 15) is 9.59 Å². The lowest BCUT2D eigenvalue weighted by Crippen LogP contribution is -2.45. The molecular weight excluding hydrogens is 374 g/mol. The number of carbonyl (C=O) groups is 2.